The highest BCUT2D eigenvalue weighted by atomic mass is 79.9. The highest BCUT2D eigenvalue weighted by Gasteiger charge is 2.15. The Balaban J connectivity index is 2.74. The number of rotatable bonds is 4. The van der Waals surface area contributed by atoms with Crippen LogP contribution in [0.4, 0.5) is 0 Å². The van der Waals surface area contributed by atoms with Gasteiger partial charge in [0.25, 0.3) is 5.91 Å². The first-order valence-electron chi connectivity index (χ1n) is 5.17. The average molecular weight is 335 g/mol. The van der Waals surface area contributed by atoms with Crippen molar-refractivity contribution in [3.8, 4) is 0 Å². The average Bonchev–Trinajstić information content (AvgIpc) is 2.32. The van der Waals surface area contributed by atoms with Crippen molar-refractivity contribution in [2.75, 3.05) is 0 Å². The highest BCUT2D eigenvalue weighted by Crippen LogP contribution is 2.25. The molecule has 0 bridgehead atoms. The Kier molecular flexibility index (Phi) is 5.43. The number of nitrogens with two attached hydrogens (primary N) is 1. The Labute approximate surface area is 118 Å². The van der Waals surface area contributed by atoms with Gasteiger partial charge in [0.15, 0.2) is 0 Å². The van der Waals surface area contributed by atoms with Crippen LogP contribution in [0.3, 0.4) is 0 Å². The first-order valence-corrected chi connectivity index (χ1v) is 6.34. The van der Waals surface area contributed by atoms with Crippen LogP contribution in [0.1, 0.15) is 23.7 Å². The van der Waals surface area contributed by atoms with Gasteiger partial charge in [0.2, 0.25) is 0 Å². The van der Waals surface area contributed by atoms with E-state index < -0.39 is 0 Å². The van der Waals surface area contributed by atoms with Crippen LogP contribution in [0.15, 0.2) is 27.8 Å². The Morgan fingerprint density at radius 1 is 1.67 bits per heavy atom. The molecule has 0 saturated heterocycles. The number of carbonyl (C=O) groups is 1. The summed E-state index contributed by atoms with van der Waals surface area (Å²) in [6, 6.07) is 4.83. The molecule has 0 radical (unpaired) electrons. The van der Waals surface area contributed by atoms with Crippen LogP contribution in [0, 0.1) is 0 Å². The maximum absolute atomic E-state index is 11.9. The van der Waals surface area contributed by atoms with Crippen molar-refractivity contribution in [3.05, 3.63) is 33.3 Å². The van der Waals surface area contributed by atoms with E-state index in [-0.39, 0.29) is 24.2 Å². The van der Waals surface area contributed by atoms with E-state index in [2.05, 4.69) is 26.4 Å². The van der Waals surface area contributed by atoms with Crippen molar-refractivity contribution in [1.29, 1.82) is 0 Å². The minimum Gasteiger partial charge on any atom is -0.409 e. The van der Waals surface area contributed by atoms with Crippen LogP contribution in [-0.4, -0.2) is 23.0 Å². The first-order chi connectivity index (χ1) is 8.45. The number of hydrogen-bond acceptors (Lipinski definition) is 3. The fourth-order valence-corrected chi connectivity index (χ4v) is 1.96. The van der Waals surface area contributed by atoms with Gasteiger partial charge < -0.3 is 16.3 Å². The van der Waals surface area contributed by atoms with Crippen molar-refractivity contribution < 1.29 is 10.0 Å². The van der Waals surface area contributed by atoms with Gasteiger partial charge in [-0.2, -0.15) is 0 Å². The van der Waals surface area contributed by atoms with E-state index in [0.717, 1.165) is 0 Å². The normalized spacial score (nSPS) is 13.2. The summed E-state index contributed by atoms with van der Waals surface area (Å²) in [5.74, 6) is -0.248. The third kappa shape index (κ3) is 3.89. The molecule has 0 aliphatic rings. The van der Waals surface area contributed by atoms with Gasteiger partial charge >= 0.3 is 0 Å². The molecule has 1 aromatic carbocycles. The van der Waals surface area contributed by atoms with Crippen molar-refractivity contribution in [3.63, 3.8) is 0 Å². The molecule has 7 heteroatoms. The lowest BCUT2D eigenvalue weighted by atomic mass is 10.1. The van der Waals surface area contributed by atoms with Crippen LogP contribution in [-0.2, 0) is 0 Å². The first kappa shape index (κ1) is 14.8. The third-order valence-corrected chi connectivity index (χ3v) is 3.51. The number of hydrogen-bond donors (Lipinski definition) is 3. The number of carbonyl (C=O) groups excluding carboxylic acids is 1. The molecule has 0 aliphatic heterocycles. The summed E-state index contributed by atoms with van der Waals surface area (Å²) >= 11 is 9.26. The van der Waals surface area contributed by atoms with Crippen LogP contribution >= 0.6 is 27.5 Å². The van der Waals surface area contributed by atoms with E-state index >= 15 is 0 Å². The van der Waals surface area contributed by atoms with E-state index in [1.807, 2.05) is 0 Å². The van der Waals surface area contributed by atoms with Gasteiger partial charge in [0.1, 0.15) is 5.84 Å². The lowest BCUT2D eigenvalue weighted by Crippen LogP contribution is -2.35. The summed E-state index contributed by atoms with van der Waals surface area (Å²) in [6.45, 7) is 1.75. The summed E-state index contributed by atoms with van der Waals surface area (Å²) < 4.78 is 0.654. The molecule has 1 aromatic rings. The molecule has 0 aliphatic carbocycles. The van der Waals surface area contributed by atoms with Crippen molar-refractivity contribution >= 4 is 39.3 Å². The molecular weight excluding hydrogens is 321 g/mol. The lowest BCUT2D eigenvalue weighted by Gasteiger charge is -2.14. The monoisotopic (exact) mass is 333 g/mol. The predicted octanol–water partition coefficient (Wildman–Crippen LogP) is 2.36. The zero-order valence-electron chi connectivity index (χ0n) is 9.65. The molecular formula is C11H13BrClN3O2. The lowest BCUT2D eigenvalue weighted by molar-refractivity contribution is 0.0941. The Morgan fingerprint density at radius 3 is 2.94 bits per heavy atom. The Hall–Kier alpha value is -1.27. The van der Waals surface area contributed by atoms with Crippen LogP contribution < -0.4 is 11.1 Å². The van der Waals surface area contributed by atoms with Crippen molar-refractivity contribution in [2.45, 2.75) is 19.4 Å². The SMILES string of the molecule is CC(C/C(N)=N/O)NC(=O)c1cccc(Br)c1Cl. The maximum atomic E-state index is 11.9. The molecule has 0 aromatic heterocycles. The topological polar surface area (TPSA) is 87.7 Å². The van der Waals surface area contributed by atoms with E-state index in [4.69, 9.17) is 22.5 Å². The summed E-state index contributed by atoms with van der Waals surface area (Å²) in [6.07, 6.45) is 0.258. The smallest absolute Gasteiger partial charge is 0.253 e. The summed E-state index contributed by atoms with van der Waals surface area (Å²) in [7, 11) is 0. The van der Waals surface area contributed by atoms with Crippen molar-refractivity contribution in [1.82, 2.24) is 5.32 Å². The second-order valence-corrected chi connectivity index (χ2v) is 5.00. The third-order valence-electron chi connectivity index (χ3n) is 2.22. The molecule has 1 atom stereocenters. The number of halogens is 2. The van der Waals surface area contributed by atoms with Crippen LogP contribution in [0.5, 0.6) is 0 Å². The minimum absolute atomic E-state index is 0.0585. The molecule has 0 spiro atoms. The highest BCUT2D eigenvalue weighted by molar-refractivity contribution is 9.10. The van der Waals surface area contributed by atoms with Gasteiger partial charge in [-0.3, -0.25) is 4.79 Å². The second-order valence-electron chi connectivity index (χ2n) is 3.77. The predicted molar refractivity (Wildman–Crippen MR) is 74.1 cm³/mol. The summed E-state index contributed by atoms with van der Waals surface area (Å²) in [5, 5.41) is 14.4. The second kappa shape index (κ2) is 6.61. The molecule has 1 unspecified atom stereocenters. The zero-order chi connectivity index (χ0) is 13.7. The molecule has 18 heavy (non-hydrogen) atoms. The fourth-order valence-electron chi connectivity index (χ4n) is 1.39. The number of nitrogens with zero attached hydrogens (tertiary/aromatic N) is 1. The number of benzene rings is 1. The van der Waals surface area contributed by atoms with E-state index in [0.29, 0.717) is 15.1 Å². The summed E-state index contributed by atoms with van der Waals surface area (Å²) in [4.78, 5) is 11.9. The van der Waals surface area contributed by atoms with E-state index in [9.17, 15) is 4.79 Å². The number of amides is 1. The Morgan fingerprint density at radius 2 is 2.33 bits per heavy atom. The molecule has 1 rings (SSSR count). The van der Waals surface area contributed by atoms with Gasteiger partial charge in [-0.25, -0.2) is 0 Å². The molecule has 5 nitrogen and oxygen atoms in total. The molecule has 98 valence electrons. The van der Waals surface area contributed by atoms with Crippen LogP contribution in [0.2, 0.25) is 5.02 Å². The Bertz CT molecular complexity index is 479. The largest absolute Gasteiger partial charge is 0.409 e. The van der Waals surface area contributed by atoms with Gasteiger partial charge in [0.05, 0.1) is 10.6 Å². The van der Waals surface area contributed by atoms with Gasteiger partial charge in [-0.15, -0.1) is 0 Å². The summed E-state index contributed by atoms with van der Waals surface area (Å²) in [5.41, 5.74) is 5.73. The van der Waals surface area contributed by atoms with Gasteiger partial charge in [-0.05, 0) is 35.0 Å². The molecule has 0 fully saturated rings. The number of amidine groups is 1. The van der Waals surface area contributed by atoms with Crippen molar-refractivity contribution in [2.24, 2.45) is 10.9 Å². The fraction of sp³-hybridized carbons (Fsp3) is 0.273. The standard InChI is InChI=1S/C11H13BrClN3O2/c1-6(5-9(14)16-18)15-11(17)7-3-2-4-8(12)10(7)13/h2-4,6,18H,5H2,1H3,(H2,14,16)(H,15,17). The minimum atomic E-state index is -0.306. The molecule has 1 amide bonds. The van der Waals surface area contributed by atoms with E-state index in [1.165, 1.54) is 0 Å². The quantitative estimate of drug-likeness (QED) is 0.342. The van der Waals surface area contributed by atoms with Gasteiger partial charge in [-0.1, -0.05) is 22.8 Å². The molecule has 4 N–H and O–H groups in total. The van der Waals surface area contributed by atoms with Gasteiger partial charge in [0, 0.05) is 16.9 Å². The zero-order valence-corrected chi connectivity index (χ0v) is 12.0. The number of oxime groups is 1. The maximum Gasteiger partial charge on any atom is 0.253 e. The van der Waals surface area contributed by atoms with E-state index in [1.54, 1.807) is 25.1 Å². The number of nitrogens with one attached hydrogen (secondary N) is 1. The molecule has 0 saturated carbocycles. The van der Waals surface area contributed by atoms with Crippen LogP contribution in [0.25, 0.3) is 0 Å². The molecule has 0 heterocycles.